The Morgan fingerprint density at radius 2 is 1.61 bits per heavy atom. The van der Waals surface area contributed by atoms with Gasteiger partial charge >= 0.3 is 5.97 Å². The molecule has 3 N–H and O–H groups in total. The van der Waals surface area contributed by atoms with E-state index in [4.69, 9.17) is 11.6 Å². The van der Waals surface area contributed by atoms with E-state index in [1.807, 2.05) is 4.72 Å². The predicted octanol–water partition coefficient (Wildman–Crippen LogP) is 1.73. The molecule has 0 atom stereocenters. The first-order valence-electron chi connectivity index (χ1n) is 11.1. The number of rotatable bonds is 10. The van der Waals surface area contributed by atoms with Crippen LogP contribution in [0.15, 0.2) is 71.8 Å². The number of ether oxygens (including phenoxy) is 1. The minimum atomic E-state index is -4.22. The van der Waals surface area contributed by atoms with Gasteiger partial charge in [-0.15, -0.1) is 0 Å². The van der Waals surface area contributed by atoms with Crippen molar-refractivity contribution < 1.29 is 32.3 Å². The molecule has 3 aromatic rings. The molecule has 0 unspecified atom stereocenters. The summed E-state index contributed by atoms with van der Waals surface area (Å²) in [4.78, 5) is 51.5. The van der Waals surface area contributed by atoms with Crippen LogP contribution in [0.4, 0.5) is 0 Å². The summed E-state index contributed by atoms with van der Waals surface area (Å²) in [6, 6.07) is 14.8. The maximum atomic E-state index is 12.8. The van der Waals surface area contributed by atoms with Crippen molar-refractivity contribution in [2.24, 2.45) is 0 Å². The second kappa shape index (κ2) is 12.8. The highest BCUT2D eigenvalue weighted by atomic mass is 35.5. The molecule has 0 fully saturated rings. The first-order valence-corrected chi connectivity index (χ1v) is 13.0. The minimum absolute atomic E-state index is 0.0795. The van der Waals surface area contributed by atoms with Crippen LogP contribution in [-0.2, 0) is 26.0 Å². The number of pyridine rings is 1. The van der Waals surface area contributed by atoms with E-state index < -0.39 is 27.8 Å². The van der Waals surface area contributed by atoms with Crippen molar-refractivity contribution >= 4 is 45.3 Å². The molecule has 1 heterocycles. The molecule has 0 radical (unpaired) electrons. The average molecular weight is 559 g/mol. The highest BCUT2D eigenvalue weighted by Crippen LogP contribution is 2.13. The van der Waals surface area contributed by atoms with Crippen LogP contribution in [0.25, 0.3) is 0 Å². The maximum Gasteiger partial charge on any atom is 0.325 e. The molecule has 38 heavy (non-hydrogen) atoms. The van der Waals surface area contributed by atoms with E-state index in [2.05, 4.69) is 20.4 Å². The van der Waals surface area contributed by atoms with E-state index in [9.17, 15) is 27.6 Å². The molecule has 1 aromatic heterocycles. The van der Waals surface area contributed by atoms with Crippen LogP contribution < -0.4 is 15.4 Å². The van der Waals surface area contributed by atoms with Gasteiger partial charge in [0.1, 0.15) is 12.2 Å². The number of nitrogens with one attached hydrogen (secondary N) is 3. The number of hydrogen-bond donors (Lipinski definition) is 3. The van der Waals surface area contributed by atoms with Crippen LogP contribution in [0.2, 0.25) is 5.02 Å². The fourth-order valence-corrected chi connectivity index (χ4v) is 4.28. The molecule has 11 nitrogen and oxygen atoms in total. The van der Waals surface area contributed by atoms with Gasteiger partial charge in [0.2, 0.25) is 0 Å². The van der Waals surface area contributed by atoms with Crippen LogP contribution in [0.1, 0.15) is 36.8 Å². The van der Waals surface area contributed by atoms with Crippen molar-refractivity contribution in [2.45, 2.75) is 11.3 Å². The Morgan fingerprint density at radius 1 is 0.895 bits per heavy atom. The number of carbonyl (C=O) groups is 4. The molecule has 0 bridgehead atoms. The van der Waals surface area contributed by atoms with Crippen molar-refractivity contribution in [3.05, 3.63) is 94.3 Å². The maximum absolute atomic E-state index is 12.8. The second-order valence-electron chi connectivity index (χ2n) is 7.79. The Kier molecular flexibility index (Phi) is 9.52. The van der Waals surface area contributed by atoms with Gasteiger partial charge in [0, 0.05) is 23.3 Å². The topological polar surface area (TPSA) is 161 Å². The lowest BCUT2D eigenvalue weighted by Crippen LogP contribution is -2.32. The summed E-state index contributed by atoms with van der Waals surface area (Å²) in [6.07, 6.45) is 1.39. The normalized spacial score (nSPS) is 10.8. The van der Waals surface area contributed by atoms with Gasteiger partial charge in [0.25, 0.3) is 27.7 Å². The van der Waals surface area contributed by atoms with Gasteiger partial charge in [-0.1, -0.05) is 23.7 Å². The monoisotopic (exact) mass is 558 g/mol. The average Bonchev–Trinajstić information content (AvgIpc) is 2.91. The first kappa shape index (κ1) is 28.3. The molecule has 0 aliphatic carbocycles. The van der Waals surface area contributed by atoms with Crippen molar-refractivity contribution in [1.29, 1.82) is 0 Å². The number of methoxy groups -OCH3 is 1. The highest BCUT2D eigenvalue weighted by molar-refractivity contribution is 7.90. The highest BCUT2D eigenvalue weighted by Gasteiger charge is 2.20. The molecule has 0 aliphatic rings. The molecule has 3 rings (SSSR count). The lowest BCUT2D eigenvalue weighted by atomic mass is 10.1. The fourth-order valence-electron chi connectivity index (χ4n) is 3.11. The third-order valence-electron chi connectivity index (χ3n) is 5.12. The van der Waals surface area contributed by atoms with Crippen LogP contribution in [0, 0.1) is 0 Å². The largest absolute Gasteiger partial charge is 0.468 e. The van der Waals surface area contributed by atoms with Gasteiger partial charge < -0.3 is 15.4 Å². The molecule has 13 heteroatoms. The van der Waals surface area contributed by atoms with E-state index in [0.717, 1.165) is 6.20 Å². The summed E-state index contributed by atoms with van der Waals surface area (Å²) >= 11 is 5.82. The molecule has 0 saturated heterocycles. The summed E-state index contributed by atoms with van der Waals surface area (Å²) in [5, 5.41) is 5.56. The third kappa shape index (κ3) is 7.85. The zero-order valence-electron chi connectivity index (χ0n) is 20.1. The lowest BCUT2D eigenvalue weighted by Gasteiger charge is -2.10. The Morgan fingerprint density at radius 3 is 2.26 bits per heavy atom. The SMILES string of the molecule is COC(=O)CNC(=O)c1ccc(C(=O)NS(=O)(=O)c2cccc(CCNC(=O)c3ccc(Cl)cc3)c2)cn1. The summed E-state index contributed by atoms with van der Waals surface area (Å²) in [5.41, 5.74) is 0.891. The van der Waals surface area contributed by atoms with Crippen LogP contribution in [-0.4, -0.2) is 57.3 Å². The summed E-state index contributed by atoms with van der Waals surface area (Å²) < 4.78 is 31.9. The number of hydrogen-bond acceptors (Lipinski definition) is 8. The number of benzene rings is 2. The number of carbonyl (C=O) groups excluding carboxylic acids is 4. The number of esters is 1. The molecule has 0 aliphatic heterocycles. The van der Waals surface area contributed by atoms with Gasteiger partial charge in [-0.25, -0.2) is 13.1 Å². The quantitative estimate of drug-likeness (QED) is 0.317. The summed E-state index contributed by atoms with van der Waals surface area (Å²) in [7, 11) is -3.05. The summed E-state index contributed by atoms with van der Waals surface area (Å²) in [6.45, 7) is -0.103. The zero-order chi connectivity index (χ0) is 27.7. The number of nitrogens with zero attached hydrogens (tertiary/aromatic N) is 1. The fraction of sp³-hybridized carbons (Fsp3) is 0.160. The number of sulfonamides is 1. The van der Waals surface area contributed by atoms with E-state index in [0.29, 0.717) is 22.6 Å². The van der Waals surface area contributed by atoms with Gasteiger partial charge in [-0.2, -0.15) is 0 Å². The number of halogens is 1. The first-order chi connectivity index (χ1) is 18.1. The van der Waals surface area contributed by atoms with Crippen molar-refractivity contribution in [1.82, 2.24) is 20.3 Å². The number of amides is 3. The second-order valence-corrected chi connectivity index (χ2v) is 9.90. The Bertz CT molecular complexity index is 1440. The van der Waals surface area contributed by atoms with E-state index in [-0.39, 0.29) is 35.1 Å². The molecule has 198 valence electrons. The molecule has 2 aromatic carbocycles. The Labute approximate surface area is 223 Å². The van der Waals surface area contributed by atoms with Crippen LogP contribution in [0.3, 0.4) is 0 Å². The predicted molar refractivity (Wildman–Crippen MR) is 137 cm³/mol. The van der Waals surface area contributed by atoms with Gasteiger partial charge in [-0.3, -0.25) is 24.2 Å². The van der Waals surface area contributed by atoms with Crippen molar-refractivity contribution in [3.63, 3.8) is 0 Å². The zero-order valence-corrected chi connectivity index (χ0v) is 21.6. The van der Waals surface area contributed by atoms with E-state index >= 15 is 0 Å². The van der Waals surface area contributed by atoms with Crippen molar-refractivity contribution in [2.75, 3.05) is 20.2 Å². The molecule has 0 saturated carbocycles. The van der Waals surface area contributed by atoms with Gasteiger partial charge in [0.05, 0.1) is 17.6 Å². The molecular formula is C25H23ClN4O7S. The summed E-state index contributed by atoms with van der Waals surface area (Å²) in [5.74, 6) is -2.56. The minimum Gasteiger partial charge on any atom is -0.468 e. The molecule has 0 spiro atoms. The molecule has 3 amide bonds. The number of aromatic nitrogens is 1. The Balaban J connectivity index is 1.58. The molecular weight excluding hydrogens is 536 g/mol. The standard InChI is InChI=1S/C25H23ClN4O7S/c1-37-22(31)15-29-25(34)21-10-7-18(14-28-21)24(33)30-38(35,36)20-4-2-3-16(13-20)11-12-27-23(32)17-5-8-19(26)9-6-17/h2-10,13-14H,11-12,15H2,1H3,(H,27,32)(H,29,34)(H,30,33). The van der Waals surface area contributed by atoms with Crippen LogP contribution in [0.5, 0.6) is 0 Å². The Hall–Kier alpha value is -4.29. The van der Waals surface area contributed by atoms with Gasteiger partial charge in [0.15, 0.2) is 0 Å². The smallest absolute Gasteiger partial charge is 0.325 e. The third-order valence-corrected chi connectivity index (χ3v) is 6.70. The van der Waals surface area contributed by atoms with Gasteiger partial charge in [-0.05, 0) is 60.5 Å². The van der Waals surface area contributed by atoms with E-state index in [1.54, 1.807) is 30.3 Å². The van der Waals surface area contributed by atoms with E-state index in [1.165, 1.54) is 37.4 Å². The van der Waals surface area contributed by atoms with Crippen molar-refractivity contribution in [3.8, 4) is 0 Å². The lowest BCUT2D eigenvalue weighted by molar-refractivity contribution is -0.139. The van der Waals surface area contributed by atoms with Crippen LogP contribution >= 0.6 is 11.6 Å².